The summed E-state index contributed by atoms with van der Waals surface area (Å²) in [7, 11) is 0. The van der Waals surface area contributed by atoms with E-state index >= 15 is 0 Å². The number of anilines is 1. The molecule has 0 fully saturated rings. The van der Waals surface area contributed by atoms with Crippen LogP contribution in [0.1, 0.15) is 24.6 Å². The maximum absolute atomic E-state index is 13.1. The Morgan fingerprint density at radius 2 is 2.26 bits per heavy atom. The largest absolute Gasteiger partial charge is 0.444 e. The molecule has 3 rings (SSSR count). The molecule has 1 aromatic carbocycles. The lowest BCUT2D eigenvalue weighted by Crippen LogP contribution is -2.07. The molecule has 0 amide bonds. The number of H-pyrrole nitrogens is 1. The second-order valence-corrected chi connectivity index (χ2v) is 4.42. The van der Waals surface area contributed by atoms with E-state index in [2.05, 4.69) is 20.3 Å². The van der Waals surface area contributed by atoms with E-state index in [9.17, 15) is 4.39 Å². The lowest BCUT2D eigenvalue weighted by molar-refractivity contribution is 0.453. The van der Waals surface area contributed by atoms with Crippen molar-refractivity contribution in [3.63, 3.8) is 0 Å². The molecule has 0 aliphatic rings. The van der Waals surface area contributed by atoms with E-state index in [1.807, 2.05) is 13.8 Å². The van der Waals surface area contributed by atoms with E-state index in [0.29, 0.717) is 22.9 Å². The molecule has 0 saturated carbocycles. The van der Waals surface area contributed by atoms with Gasteiger partial charge in [0, 0.05) is 0 Å². The summed E-state index contributed by atoms with van der Waals surface area (Å²) in [5.41, 5.74) is 1.36. The number of benzene rings is 1. The van der Waals surface area contributed by atoms with Gasteiger partial charge in [0.2, 0.25) is 11.8 Å². The Balaban J connectivity index is 1.85. The number of aryl methyl sites for hydroxylation is 1. The zero-order chi connectivity index (χ0) is 13.4. The average molecular weight is 260 g/mol. The highest BCUT2D eigenvalue weighted by atomic mass is 19.1. The minimum Gasteiger partial charge on any atom is -0.444 e. The first-order valence-corrected chi connectivity index (χ1v) is 5.96. The van der Waals surface area contributed by atoms with Gasteiger partial charge in [-0.05, 0) is 32.0 Å². The van der Waals surface area contributed by atoms with E-state index in [1.165, 1.54) is 12.1 Å². The molecule has 0 aliphatic carbocycles. The van der Waals surface area contributed by atoms with Crippen LogP contribution in [-0.4, -0.2) is 15.0 Å². The first kappa shape index (κ1) is 11.7. The summed E-state index contributed by atoms with van der Waals surface area (Å²) in [6.07, 6.45) is 1.67. The van der Waals surface area contributed by atoms with Crippen LogP contribution in [0.5, 0.6) is 0 Å². The molecule has 0 aliphatic heterocycles. The Labute approximate surface area is 108 Å². The van der Waals surface area contributed by atoms with Crippen molar-refractivity contribution < 1.29 is 8.81 Å². The predicted molar refractivity (Wildman–Crippen MR) is 69.3 cm³/mol. The highest BCUT2D eigenvalue weighted by Gasteiger charge is 2.13. The molecule has 1 atom stereocenters. The Hall–Kier alpha value is -2.37. The van der Waals surface area contributed by atoms with Gasteiger partial charge in [-0.2, -0.15) is 0 Å². The van der Waals surface area contributed by atoms with Crippen molar-refractivity contribution >= 4 is 17.0 Å². The third-order valence-electron chi connectivity index (χ3n) is 2.81. The van der Waals surface area contributed by atoms with Crippen LogP contribution in [0.2, 0.25) is 0 Å². The van der Waals surface area contributed by atoms with Crippen LogP contribution >= 0.6 is 0 Å². The number of rotatable bonds is 3. The molecule has 5 nitrogen and oxygen atoms in total. The minimum atomic E-state index is -0.293. The molecular formula is C13H13FN4O. The van der Waals surface area contributed by atoms with E-state index in [1.54, 1.807) is 12.3 Å². The number of imidazole rings is 1. The molecule has 19 heavy (non-hydrogen) atoms. The number of oxazole rings is 1. The number of nitrogens with zero attached hydrogens (tertiary/aromatic N) is 2. The molecule has 0 radical (unpaired) electrons. The summed E-state index contributed by atoms with van der Waals surface area (Å²) in [4.78, 5) is 11.5. The second kappa shape index (κ2) is 4.38. The van der Waals surface area contributed by atoms with Gasteiger partial charge in [0.05, 0.1) is 17.2 Å². The summed E-state index contributed by atoms with van der Waals surface area (Å²) in [6, 6.07) is 4.30. The van der Waals surface area contributed by atoms with Crippen molar-refractivity contribution in [1.82, 2.24) is 15.0 Å². The number of hydrogen-bond acceptors (Lipinski definition) is 4. The molecule has 98 valence electrons. The van der Waals surface area contributed by atoms with Gasteiger partial charge in [-0.3, -0.25) is 0 Å². The van der Waals surface area contributed by atoms with Gasteiger partial charge < -0.3 is 14.7 Å². The molecule has 2 aromatic heterocycles. The van der Waals surface area contributed by atoms with Crippen molar-refractivity contribution in [2.45, 2.75) is 19.9 Å². The standard InChI is InChI=1S/C13H13FN4O/c1-7-6-15-12(19-7)8(2)16-13-17-10-4-3-9(14)5-11(10)18-13/h3-6,8H,1-2H3,(H2,16,17,18). The Morgan fingerprint density at radius 3 is 3.00 bits per heavy atom. The van der Waals surface area contributed by atoms with Crippen molar-refractivity contribution in [2.75, 3.05) is 5.32 Å². The van der Waals surface area contributed by atoms with Gasteiger partial charge >= 0.3 is 0 Å². The number of fused-ring (bicyclic) bond motifs is 1. The minimum absolute atomic E-state index is 0.126. The zero-order valence-electron chi connectivity index (χ0n) is 10.6. The van der Waals surface area contributed by atoms with Gasteiger partial charge in [0.15, 0.2) is 0 Å². The highest BCUT2D eigenvalue weighted by molar-refractivity contribution is 5.77. The van der Waals surface area contributed by atoms with Crippen molar-refractivity contribution in [1.29, 1.82) is 0 Å². The number of aromatic amines is 1. The van der Waals surface area contributed by atoms with E-state index in [4.69, 9.17) is 4.42 Å². The molecule has 2 N–H and O–H groups in total. The van der Waals surface area contributed by atoms with Crippen LogP contribution in [-0.2, 0) is 0 Å². The molecule has 1 unspecified atom stereocenters. The third kappa shape index (κ3) is 2.29. The molecule has 2 heterocycles. The molecule has 6 heteroatoms. The van der Waals surface area contributed by atoms with E-state index < -0.39 is 0 Å². The Morgan fingerprint density at radius 1 is 1.42 bits per heavy atom. The summed E-state index contributed by atoms with van der Waals surface area (Å²) >= 11 is 0. The summed E-state index contributed by atoms with van der Waals surface area (Å²) < 4.78 is 18.5. The topological polar surface area (TPSA) is 66.7 Å². The molecule has 0 bridgehead atoms. The fourth-order valence-corrected chi connectivity index (χ4v) is 1.89. The van der Waals surface area contributed by atoms with Crippen molar-refractivity contribution in [3.8, 4) is 0 Å². The first-order chi connectivity index (χ1) is 9.11. The number of nitrogens with one attached hydrogen (secondary N) is 2. The lowest BCUT2D eigenvalue weighted by atomic mass is 10.3. The van der Waals surface area contributed by atoms with Gasteiger partial charge in [-0.15, -0.1) is 0 Å². The van der Waals surface area contributed by atoms with Gasteiger partial charge in [-0.1, -0.05) is 0 Å². The fourth-order valence-electron chi connectivity index (χ4n) is 1.89. The molecular weight excluding hydrogens is 247 g/mol. The maximum Gasteiger partial charge on any atom is 0.216 e. The number of hydrogen-bond donors (Lipinski definition) is 2. The maximum atomic E-state index is 13.1. The summed E-state index contributed by atoms with van der Waals surface area (Å²) in [6.45, 7) is 3.76. The van der Waals surface area contributed by atoms with Crippen LogP contribution in [0, 0.1) is 12.7 Å². The van der Waals surface area contributed by atoms with Gasteiger partial charge in [0.1, 0.15) is 17.6 Å². The monoisotopic (exact) mass is 260 g/mol. The van der Waals surface area contributed by atoms with Crippen LogP contribution in [0.25, 0.3) is 11.0 Å². The van der Waals surface area contributed by atoms with E-state index in [0.717, 1.165) is 5.76 Å². The first-order valence-electron chi connectivity index (χ1n) is 5.96. The van der Waals surface area contributed by atoms with Crippen LogP contribution in [0.15, 0.2) is 28.8 Å². The average Bonchev–Trinajstić information content (AvgIpc) is 2.94. The molecule has 0 saturated heterocycles. The van der Waals surface area contributed by atoms with Gasteiger partial charge in [0.25, 0.3) is 0 Å². The SMILES string of the molecule is Cc1cnc(C(C)Nc2nc3ccc(F)cc3[nH]2)o1. The van der Waals surface area contributed by atoms with Crippen LogP contribution < -0.4 is 5.32 Å². The third-order valence-corrected chi connectivity index (χ3v) is 2.81. The Bertz CT molecular complexity index is 718. The van der Waals surface area contributed by atoms with Crippen molar-refractivity contribution in [3.05, 3.63) is 41.9 Å². The fraction of sp³-hybridized carbons (Fsp3) is 0.231. The number of halogens is 1. The molecule has 0 spiro atoms. The Kier molecular flexibility index (Phi) is 2.70. The zero-order valence-corrected chi connectivity index (χ0v) is 10.6. The lowest BCUT2D eigenvalue weighted by Gasteiger charge is -2.08. The smallest absolute Gasteiger partial charge is 0.216 e. The quantitative estimate of drug-likeness (QED) is 0.759. The van der Waals surface area contributed by atoms with Crippen LogP contribution in [0.4, 0.5) is 10.3 Å². The number of aromatic nitrogens is 3. The summed E-state index contributed by atoms with van der Waals surface area (Å²) in [5, 5.41) is 3.14. The van der Waals surface area contributed by atoms with Crippen LogP contribution in [0.3, 0.4) is 0 Å². The second-order valence-electron chi connectivity index (χ2n) is 4.42. The van der Waals surface area contributed by atoms with Gasteiger partial charge in [-0.25, -0.2) is 14.4 Å². The highest BCUT2D eigenvalue weighted by Crippen LogP contribution is 2.20. The van der Waals surface area contributed by atoms with Crippen molar-refractivity contribution in [2.24, 2.45) is 0 Å². The predicted octanol–water partition coefficient (Wildman–Crippen LogP) is 3.17. The summed E-state index contributed by atoms with van der Waals surface area (Å²) in [5.74, 6) is 1.61. The van der Waals surface area contributed by atoms with E-state index in [-0.39, 0.29) is 11.9 Å². The normalized spacial score (nSPS) is 12.8. The molecule has 3 aromatic rings.